The van der Waals surface area contributed by atoms with Gasteiger partial charge in [0.25, 0.3) is 5.56 Å². The van der Waals surface area contributed by atoms with E-state index in [-0.39, 0.29) is 56.0 Å². The molecule has 5 rings (SSSR count). The molecule has 1 amide bonds. The number of nitrogens with two attached hydrogens (primary N) is 1. The van der Waals surface area contributed by atoms with E-state index in [2.05, 4.69) is 29.1 Å². The number of primary amides is 1. The number of aliphatic hydroxyl groups excluding tert-OH is 1. The minimum Gasteiger partial charge on any atom is -0.388 e. The zero-order valence-electron chi connectivity index (χ0n) is 22.9. The summed E-state index contributed by atoms with van der Waals surface area (Å²) in [6, 6.07) is 12.9. The van der Waals surface area contributed by atoms with Crippen LogP contribution in [0.2, 0.25) is 0 Å². The van der Waals surface area contributed by atoms with Gasteiger partial charge in [0.15, 0.2) is 5.84 Å². The molecule has 0 radical (unpaired) electrons. The number of amidine groups is 1. The highest BCUT2D eigenvalue weighted by atomic mass is 32.3. The van der Waals surface area contributed by atoms with Crippen molar-refractivity contribution in [1.29, 1.82) is 0 Å². The average molecular weight is 628 g/mol. The van der Waals surface area contributed by atoms with E-state index in [0.29, 0.717) is 11.8 Å². The average Bonchev–Trinajstić information content (AvgIpc) is 2.91. The second-order valence-corrected chi connectivity index (χ2v) is 13.3. The van der Waals surface area contributed by atoms with Crippen molar-refractivity contribution in [2.75, 3.05) is 14.8 Å². The van der Waals surface area contributed by atoms with Gasteiger partial charge in [-0.25, -0.2) is 4.98 Å². The predicted molar refractivity (Wildman–Crippen MR) is 166 cm³/mol. The molecule has 1 aliphatic heterocycles. The number of fused-ring (bicyclic) bond motifs is 2. The number of nitrogens with zero attached hydrogens (tertiary/aromatic N) is 2. The number of aromatic nitrogens is 2. The Hall–Kier alpha value is -4.48. The summed E-state index contributed by atoms with van der Waals surface area (Å²) in [5.41, 5.74) is 5.33. The van der Waals surface area contributed by atoms with E-state index in [4.69, 9.17) is 5.73 Å². The Bertz CT molecular complexity index is 1940. The fourth-order valence-corrected chi connectivity index (χ4v) is 6.83. The van der Waals surface area contributed by atoms with Crippen molar-refractivity contribution in [2.45, 2.75) is 31.3 Å². The molecule has 2 aromatic carbocycles. The molecule has 9 N–H and O–H groups in total. The minimum atomic E-state index is -4.24. The number of H-pyrrole nitrogens is 1. The second kappa shape index (κ2) is 11.3. The first-order valence-corrected chi connectivity index (χ1v) is 15.9. The molecule has 1 unspecified atom stereocenters. The summed E-state index contributed by atoms with van der Waals surface area (Å²) in [7, 11) is -8.20. The number of carbonyl (C=O) groups excluding carboxylic acids is 1. The Labute approximate surface area is 247 Å². The van der Waals surface area contributed by atoms with Crippen molar-refractivity contribution in [1.82, 2.24) is 9.97 Å². The number of aliphatic hydroxyl groups is 1. The summed E-state index contributed by atoms with van der Waals surface area (Å²) in [6.07, 6.45) is 0.717. The van der Waals surface area contributed by atoms with E-state index < -0.39 is 38.6 Å². The summed E-state index contributed by atoms with van der Waals surface area (Å²) in [6.45, 7) is 3.83. The van der Waals surface area contributed by atoms with Gasteiger partial charge in [0.05, 0.1) is 28.7 Å². The molecule has 226 valence electrons. The Kier molecular flexibility index (Phi) is 7.89. The number of rotatable bonds is 9. The number of hydrogen-bond donors (Lipinski definition) is 8. The summed E-state index contributed by atoms with van der Waals surface area (Å²) in [4.78, 5) is 31.4. The predicted octanol–water partition coefficient (Wildman–Crippen LogP) is 3.77. The number of pyridine rings is 2. The number of benzene rings is 2. The van der Waals surface area contributed by atoms with Crippen LogP contribution in [0.1, 0.15) is 47.9 Å². The van der Waals surface area contributed by atoms with Gasteiger partial charge in [-0.15, -0.1) is 4.40 Å². The summed E-state index contributed by atoms with van der Waals surface area (Å²) < 4.78 is 56.3. The third-order valence-corrected chi connectivity index (χ3v) is 8.86. The third-order valence-electron chi connectivity index (χ3n) is 6.49. The largest absolute Gasteiger partial charge is 0.388 e. The molecule has 3 heterocycles. The Balaban J connectivity index is 1.50. The molecule has 14 nitrogen and oxygen atoms in total. The zero-order valence-corrected chi connectivity index (χ0v) is 24.5. The lowest BCUT2D eigenvalue weighted by Gasteiger charge is -2.35. The molecule has 0 aliphatic carbocycles. The van der Waals surface area contributed by atoms with Crippen molar-refractivity contribution in [2.24, 2.45) is 16.0 Å². The van der Waals surface area contributed by atoms with E-state index in [1.165, 1.54) is 48.7 Å². The normalized spacial score (nSPS) is 15.6. The number of anilines is 3. The number of amides is 1. The lowest BCUT2D eigenvalue weighted by Crippen LogP contribution is -2.31. The SMILES string of the molecule is CC(C)CC(O)c1c(C2=NS(O)(O)c3cc(NS(=O)(=O)Nc4cccc(C(N)=O)c4)ccc3N2)c(=O)[nH]c2ncccc12. The number of carbonyl (C=O) groups is 1. The van der Waals surface area contributed by atoms with Crippen LogP contribution in [0, 0.1) is 5.92 Å². The maximum Gasteiger partial charge on any atom is 0.321 e. The standard InChI is InChI=1S/C27H29N7O7S2/c1-14(2)11-20(35)22-18-7-4-10-29-25(18)31-27(37)23(22)26-30-19-9-8-17(13-21(19)42(38,39)34-26)33-43(40,41)32-16-6-3-5-15(12-16)24(28)36/h3-10,12-14,20,32-33,35,38-39H,11H2,1-2H3,(H2,28,36)(H,30,34)(H,29,31,37). The number of hydrogen-bond acceptors (Lipinski definition) is 10. The van der Waals surface area contributed by atoms with Gasteiger partial charge in [-0.1, -0.05) is 30.7 Å². The van der Waals surface area contributed by atoms with Crippen LogP contribution >= 0.6 is 10.8 Å². The van der Waals surface area contributed by atoms with E-state index >= 15 is 0 Å². The molecule has 16 heteroatoms. The smallest absolute Gasteiger partial charge is 0.321 e. The third kappa shape index (κ3) is 6.32. The lowest BCUT2D eigenvalue weighted by molar-refractivity contribution is 0.1000. The summed E-state index contributed by atoms with van der Waals surface area (Å²) in [5, 5.41) is 14.6. The van der Waals surface area contributed by atoms with Crippen LogP contribution in [0.25, 0.3) is 11.0 Å². The molecule has 4 aromatic rings. The maximum atomic E-state index is 13.3. The molecule has 0 spiro atoms. The summed E-state index contributed by atoms with van der Waals surface area (Å²) in [5.74, 6) is -0.841. The van der Waals surface area contributed by atoms with Crippen molar-refractivity contribution in [3.8, 4) is 0 Å². The van der Waals surface area contributed by atoms with Crippen LogP contribution in [0.5, 0.6) is 0 Å². The first-order chi connectivity index (χ1) is 20.2. The Morgan fingerprint density at radius 1 is 1.07 bits per heavy atom. The maximum absolute atomic E-state index is 13.3. The first kappa shape index (κ1) is 30.0. The van der Waals surface area contributed by atoms with Crippen molar-refractivity contribution in [3.63, 3.8) is 0 Å². The van der Waals surface area contributed by atoms with Crippen LogP contribution in [0.3, 0.4) is 0 Å². The van der Waals surface area contributed by atoms with Crippen molar-refractivity contribution >= 4 is 60.8 Å². The van der Waals surface area contributed by atoms with E-state index in [0.717, 1.165) is 0 Å². The Morgan fingerprint density at radius 2 is 1.79 bits per heavy atom. The van der Waals surface area contributed by atoms with E-state index in [1.54, 1.807) is 12.1 Å². The molecule has 0 fully saturated rings. The van der Waals surface area contributed by atoms with Gasteiger partial charge >= 0.3 is 10.2 Å². The van der Waals surface area contributed by atoms with Crippen LogP contribution in [-0.2, 0) is 10.2 Å². The first-order valence-electron chi connectivity index (χ1n) is 12.9. The van der Waals surface area contributed by atoms with Gasteiger partial charge in [0.2, 0.25) is 5.91 Å². The molecular weight excluding hydrogens is 598 g/mol. The van der Waals surface area contributed by atoms with Gasteiger partial charge in [0.1, 0.15) is 10.5 Å². The highest BCUT2D eigenvalue weighted by Gasteiger charge is 2.32. The van der Waals surface area contributed by atoms with Crippen LogP contribution < -0.4 is 26.1 Å². The molecular formula is C27H29N7O7S2. The fourth-order valence-electron chi connectivity index (χ4n) is 4.72. The highest BCUT2D eigenvalue weighted by molar-refractivity contribution is 8.23. The van der Waals surface area contributed by atoms with Crippen molar-refractivity contribution in [3.05, 3.63) is 87.8 Å². The van der Waals surface area contributed by atoms with Crippen LogP contribution in [0.15, 0.2) is 74.9 Å². The molecule has 0 saturated heterocycles. The molecule has 2 aromatic heterocycles. The minimum absolute atomic E-state index is 0.0274. The van der Waals surface area contributed by atoms with Crippen LogP contribution in [-0.4, -0.2) is 44.3 Å². The van der Waals surface area contributed by atoms with Gasteiger partial charge in [-0.3, -0.25) is 28.1 Å². The second-order valence-electron chi connectivity index (χ2n) is 10.2. The number of nitrogens with one attached hydrogen (secondary N) is 4. The number of aromatic amines is 1. The summed E-state index contributed by atoms with van der Waals surface area (Å²) >= 11 is 0. The monoisotopic (exact) mass is 627 g/mol. The zero-order chi connectivity index (χ0) is 31.1. The van der Waals surface area contributed by atoms with Crippen LogP contribution in [0.4, 0.5) is 17.1 Å². The fraction of sp³-hybridized carbons (Fsp3) is 0.185. The topological polar surface area (TPSA) is 232 Å². The highest BCUT2D eigenvalue weighted by Crippen LogP contribution is 2.56. The molecule has 1 atom stereocenters. The quantitative estimate of drug-likeness (QED) is 0.135. The molecule has 43 heavy (non-hydrogen) atoms. The van der Waals surface area contributed by atoms with Gasteiger partial charge in [-0.05, 0) is 60.9 Å². The molecule has 1 aliphatic rings. The van der Waals surface area contributed by atoms with Gasteiger partial charge < -0.3 is 21.1 Å². The lowest BCUT2D eigenvalue weighted by atomic mass is 9.93. The van der Waals surface area contributed by atoms with Gasteiger partial charge in [0, 0.05) is 22.7 Å². The van der Waals surface area contributed by atoms with E-state index in [1.807, 2.05) is 13.8 Å². The van der Waals surface area contributed by atoms with Gasteiger partial charge in [-0.2, -0.15) is 8.42 Å². The van der Waals surface area contributed by atoms with Crippen molar-refractivity contribution < 1.29 is 27.4 Å². The molecule has 0 saturated carbocycles. The Morgan fingerprint density at radius 3 is 2.49 bits per heavy atom. The van der Waals surface area contributed by atoms with E-state index in [9.17, 15) is 32.2 Å². The molecule has 0 bridgehead atoms.